The summed E-state index contributed by atoms with van der Waals surface area (Å²) in [6.07, 6.45) is 3.85. The zero-order chi connectivity index (χ0) is 13.0. The Bertz CT molecular complexity index is 520. The van der Waals surface area contributed by atoms with E-state index in [-0.39, 0.29) is 0 Å². The normalized spacial score (nSPS) is 10.6. The molecule has 2 rings (SSSR count). The fourth-order valence-electron chi connectivity index (χ4n) is 1.85. The predicted octanol–water partition coefficient (Wildman–Crippen LogP) is 2.04. The summed E-state index contributed by atoms with van der Waals surface area (Å²) < 4.78 is 7.64. The highest BCUT2D eigenvalue weighted by Crippen LogP contribution is 2.19. The van der Waals surface area contributed by atoms with Crippen molar-refractivity contribution in [3.8, 4) is 5.75 Å². The first-order chi connectivity index (χ1) is 8.69. The van der Waals surface area contributed by atoms with E-state index in [0.29, 0.717) is 13.2 Å². The first kappa shape index (κ1) is 12.6. The molecule has 0 aliphatic heterocycles. The molecule has 4 heteroatoms. The number of aryl methyl sites for hydroxylation is 2. The van der Waals surface area contributed by atoms with E-state index < -0.39 is 0 Å². The molecular weight excluding hydrogens is 226 g/mol. The number of hydrogen-bond donors (Lipinski definition) is 1. The number of nitrogens with two attached hydrogens (primary N) is 1. The van der Waals surface area contributed by atoms with Crippen LogP contribution in [0.4, 0.5) is 0 Å². The topological polar surface area (TPSA) is 53.1 Å². The molecule has 1 aromatic heterocycles. The van der Waals surface area contributed by atoms with Crippen LogP contribution < -0.4 is 10.5 Å². The van der Waals surface area contributed by atoms with Crippen LogP contribution in [-0.2, 0) is 13.1 Å². The Balaban J connectivity index is 1.94. The standard InChI is InChI=1S/C14H19N3O/c1-11-3-4-14(13(7-11)8-15)18-6-5-17-10-12(2)9-16-17/h3-4,7,9-10H,5-6,8,15H2,1-2H3. The van der Waals surface area contributed by atoms with Crippen LogP contribution in [-0.4, -0.2) is 16.4 Å². The van der Waals surface area contributed by atoms with Crippen LogP contribution in [0.25, 0.3) is 0 Å². The molecule has 0 bridgehead atoms. The van der Waals surface area contributed by atoms with Crippen LogP contribution in [0.1, 0.15) is 16.7 Å². The van der Waals surface area contributed by atoms with E-state index >= 15 is 0 Å². The summed E-state index contributed by atoms with van der Waals surface area (Å²) in [7, 11) is 0. The van der Waals surface area contributed by atoms with Crippen molar-refractivity contribution in [1.29, 1.82) is 0 Å². The van der Waals surface area contributed by atoms with Gasteiger partial charge in [0.2, 0.25) is 0 Å². The lowest BCUT2D eigenvalue weighted by Crippen LogP contribution is -2.10. The van der Waals surface area contributed by atoms with Gasteiger partial charge in [0.1, 0.15) is 12.4 Å². The zero-order valence-electron chi connectivity index (χ0n) is 10.9. The average molecular weight is 245 g/mol. The van der Waals surface area contributed by atoms with Gasteiger partial charge in [-0.05, 0) is 25.5 Å². The second kappa shape index (κ2) is 5.69. The van der Waals surface area contributed by atoms with Gasteiger partial charge in [0.15, 0.2) is 0 Å². The molecule has 0 aliphatic rings. The first-order valence-corrected chi connectivity index (χ1v) is 6.10. The number of nitrogens with zero attached hydrogens (tertiary/aromatic N) is 2. The van der Waals surface area contributed by atoms with Gasteiger partial charge in [0, 0.05) is 18.3 Å². The van der Waals surface area contributed by atoms with Crippen molar-refractivity contribution in [3.63, 3.8) is 0 Å². The molecule has 18 heavy (non-hydrogen) atoms. The van der Waals surface area contributed by atoms with Gasteiger partial charge in [-0.2, -0.15) is 5.10 Å². The summed E-state index contributed by atoms with van der Waals surface area (Å²) in [4.78, 5) is 0. The molecule has 2 aromatic rings. The van der Waals surface area contributed by atoms with Gasteiger partial charge in [-0.1, -0.05) is 17.7 Å². The molecule has 0 saturated heterocycles. The van der Waals surface area contributed by atoms with Gasteiger partial charge in [-0.25, -0.2) is 0 Å². The molecular formula is C14H19N3O. The van der Waals surface area contributed by atoms with E-state index in [2.05, 4.69) is 18.1 Å². The summed E-state index contributed by atoms with van der Waals surface area (Å²) >= 11 is 0. The molecule has 0 unspecified atom stereocenters. The highest BCUT2D eigenvalue weighted by molar-refractivity contribution is 5.36. The Labute approximate surface area is 107 Å². The molecule has 96 valence electrons. The smallest absolute Gasteiger partial charge is 0.123 e. The SMILES string of the molecule is Cc1ccc(OCCn2cc(C)cn2)c(CN)c1. The molecule has 0 atom stereocenters. The maximum absolute atomic E-state index is 5.76. The van der Waals surface area contributed by atoms with Crippen LogP contribution in [0, 0.1) is 13.8 Å². The molecule has 0 amide bonds. The molecule has 0 aliphatic carbocycles. The summed E-state index contributed by atoms with van der Waals surface area (Å²) in [6, 6.07) is 6.08. The third-order valence-electron chi connectivity index (χ3n) is 2.78. The summed E-state index contributed by atoms with van der Waals surface area (Å²) in [5, 5.41) is 4.22. The van der Waals surface area contributed by atoms with Gasteiger partial charge in [-0.15, -0.1) is 0 Å². The van der Waals surface area contributed by atoms with Crippen LogP contribution in [0.15, 0.2) is 30.6 Å². The Morgan fingerprint density at radius 2 is 2.11 bits per heavy atom. The minimum absolute atomic E-state index is 0.498. The van der Waals surface area contributed by atoms with Gasteiger partial charge in [-0.3, -0.25) is 4.68 Å². The number of benzene rings is 1. The van der Waals surface area contributed by atoms with Crippen molar-refractivity contribution in [1.82, 2.24) is 9.78 Å². The highest BCUT2D eigenvalue weighted by Gasteiger charge is 2.02. The monoisotopic (exact) mass is 245 g/mol. The maximum Gasteiger partial charge on any atom is 0.123 e. The van der Waals surface area contributed by atoms with Crippen molar-refractivity contribution in [2.75, 3.05) is 6.61 Å². The summed E-state index contributed by atoms with van der Waals surface area (Å²) in [5.41, 5.74) is 9.12. The van der Waals surface area contributed by atoms with Crippen LogP contribution in [0.5, 0.6) is 5.75 Å². The molecule has 4 nitrogen and oxygen atoms in total. The summed E-state index contributed by atoms with van der Waals surface area (Å²) in [5.74, 6) is 0.868. The van der Waals surface area contributed by atoms with E-state index in [1.807, 2.05) is 36.1 Å². The largest absolute Gasteiger partial charge is 0.491 e. The Kier molecular flexibility index (Phi) is 3.99. The number of aromatic nitrogens is 2. The minimum atomic E-state index is 0.498. The molecule has 0 saturated carbocycles. The average Bonchev–Trinajstić information content (AvgIpc) is 2.77. The molecule has 1 aromatic carbocycles. The second-order valence-electron chi connectivity index (χ2n) is 4.44. The first-order valence-electron chi connectivity index (χ1n) is 6.10. The maximum atomic E-state index is 5.76. The van der Waals surface area contributed by atoms with Crippen LogP contribution >= 0.6 is 0 Å². The lowest BCUT2D eigenvalue weighted by molar-refractivity contribution is 0.288. The van der Waals surface area contributed by atoms with E-state index in [1.165, 1.54) is 5.56 Å². The van der Waals surface area contributed by atoms with Crippen molar-refractivity contribution in [2.24, 2.45) is 5.73 Å². The lowest BCUT2D eigenvalue weighted by Gasteiger charge is -2.11. The van der Waals surface area contributed by atoms with Crippen molar-refractivity contribution >= 4 is 0 Å². The highest BCUT2D eigenvalue weighted by atomic mass is 16.5. The quantitative estimate of drug-likeness (QED) is 0.877. The molecule has 0 radical (unpaired) electrons. The van der Waals surface area contributed by atoms with Crippen molar-refractivity contribution in [3.05, 3.63) is 47.3 Å². The Morgan fingerprint density at radius 3 is 2.78 bits per heavy atom. The molecule has 0 spiro atoms. The fraction of sp³-hybridized carbons (Fsp3) is 0.357. The van der Waals surface area contributed by atoms with Gasteiger partial charge >= 0.3 is 0 Å². The minimum Gasteiger partial charge on any atom is -0.491 e. The van der Waals surface area contributed by atoms with Gasteiger partial charge in [0.25, 0.3) is 0 Å². The van der Waals surface area contributed by atoms with Crippen LogP contribution in [0.3, 0.4) is 0 Å². The van der Waals surface area contributed by atoms with E-state index in [1.54, 1.807) is 0 Å². The predicted molar refractivity (Wildman–Crippen MR) is 71.5 cm³/mol. The molecule has 2 N–H and O–H groups in total. The zero-order valence-corrected chi connectivity index (χ0v) is 10.9. The van der Waals surface area contributed by atoms with Gasteiger partial charge < -0.3 is 10.5 Å². The number of rotatable bonds is 5. The third-order valence-corrected chi connectivity index (χ3v) is 2.78. The van der Waals surface area contributed by atoms with Gasteiger partial charge in [0.05, 0.1) is 12.7 Å². The van der Waals surface area contributed by atoms with Crippen molar-refractivity contribution < 1.29 is 4.74 Å². The van der Waals surface area contributed by atoms with E-state index in [0.717, 1.165) is 23.4 Å². The molecule has 1 heterocycles. The van der Waals surface area contributed by atoms with E-state index in [9.17, 15) is 0 Å². The third kappa shape index (κ3) is 3.11. The Hall–Kier alpha value is -1.81. The molecule has 0 fully saturated rings. The van der Waals surface area contributed by atoms with E-state index in [4.69, 9.17) is 10.5 Å². The fourth-order valence-corrected chi connectivity index (χ4v) is 1.85. The van der Waals surface area contributed by atoms with Crippen LogP contribution in [0.2, 0.25) is 0 Å². The number of hydrogen-bond acceptors (Lipinski definition) is 3. The Morgan fingerprint density at radius 1 is 1.28 bits per heavy atom. The number of ether oxygens (including phenoxy) is 1. The lowest BCUT2D eigenvalue weighted by atomic mass is 10.1. The summed E-state index contributed by atoms with van der Waals surface area (Å²) in [6.45, 7) is 5.91. The second-order valence-corrected chi connectivity index (χ2v) is 4.44. The van der Waals surface area contributed by atoms with Crippen molar-refractivity contribution in [2.45, 2.75) is 26.9 Å².